The van der Waals surface area contributed by atoms with Gasteiger partial charge in [-0.25, -0.2) is 4.39 Å². The number of halogens is 1. The van der Waals surface area contributed by atoms with Crippen LogP contribution in [0.25, 0.3) is 0 Å². The van der Waals surface area contributed by atoms with Gasteiger partial charge in [-0.2, -0.15) is 0 Å². The van der Waals surface area contributed by atoms with Gasteiger partial charge >= 0.3 is 0 Å². The summed E-state index contributed by atoms with van der Waals surface area (Å²) in [5.41, 5.74) is 0.729. The van der Waals surface area contributed by atoms with Crippen molar-refractivity contribution in [3.05, 3.63) is 42.6 Å². The summed E-state index contributed by atoms with van der Waals surface area (Å²) in [5, 5.41) is 8.69. The van der Waals surface area contributed by atoms with Gasteiger partial charge in [0.1, 0.15) is 5.82 Å². The lowest BCUT2D eigenvalue weighted by Gasteiger charge is -2.06. The zero-order chi connectivity index (χ0) is 8.27. The quantitative estimate of drug-likeness (QED) is 0.686. The second-order valence-electron chi connectivity index (χ2n) is 2.43. The van der Waals surface area contributed by atoms with Gasteiger partial charge in [0, 0.05) is 12.5 Å². The molecule has 2 heteroatoms. The van der Waals surface area contributed by atoms with E-state index in [1.807, 2.05) is 0 Å². The first-order valence-corrected chi connectivity index (χ1v) is 3.43. The van der Waals surface area contributed by atoms with Crippen LogP contribution < -0.4 is 0 Å². The van der Waals surface area contributed by atoms with Gasteiger partial charge in [-0.05, 0) is 24.6 Å². The van der Waals surface area contributed by atoms with Crippen LogP contribution in [0.2, 0.25) is 0 Å². The predicted octanol–water partition coefficient (Wildman–Crippen LogP) is 1.74. The molecule has 0 saturated carbocycles. The third kappa shape index (κ3) is 2.02. The SMILES string of the molecule is [CH2]C(CO)c1cccc(F)c1. The highest BCUT2D eigenvalue weighted by molar-refractivity contribution is 5.21. The Morgan fingerprint density at radius 1 is 1.55 bits per heavy atom. The van der Waals surface area contributed by atoms with Gasteiger partial charge in [0.05, 0.1) is 0 Å². The molecule has 0 spiro atoms. The van der Waals surface area contributed by atoms with E-state index in [1.165, 1.54) is 12.1 Å². The molecule has 0 fully saturated rings. The molecule has 0 saturated heterocycles. The summed E-state index contributed by atoms with van der Waals surface area (Å²) in [6.45, 7) is 3.60. The number of rotatable bonds is 2. The molecule has 59 valence electrons. The zero-order valence-electron chi connectivity index (χ0n) is 6.13. The van der Waals surface area contributed by atoms with Crippen LogP contribution in [0, 0.1) is 12.7 Å². The molecule has 0 bridgehead atoms. The third-order valence-corrected chi connectivity index (χ3v) is 1.54. The molecule has 1 nitrogen and oxygen atoms in total. The third-order valence-electron chi connectivity index (χ3n) is 1.54. The van der Waals surface area contributed by atoms with Crippen LogP contribution >= 0.6 is 0 Å². The summed E-state index contributed by atoms with van der Waals surface area (Å²) in [5.74, 6) is -0.518. The molecule has 1 atom stereocenters. The summed E-state index contributed by atoms with van der Waals surface area (Å²) in [6.07, 6.45) is 0. The Hall–Kier alpha value is -0.890. The minimum absolute atomic E-state index is 0.0521. The van der Waals surface area contributed by atoms with Crippen LogP contribution in [0.4, 0.5) is 4.39 Å². The van der Waals surface area contributed by atoms with Gasteiger partial charge in [-0.1, -0.05) is 12.1 Å². The van der Waals surface area contributed by atoms with Gasteiger partial charge in [-0.15, -0.1) is 0 Å². The Bertz CT molecular complexity index is 235. The fourth-order valence-corrected chi connectivity index (χ4v) is 0.866. The van der Waals surface area contributed by atoms with E-state index in [1.54, 1.807) is 12.1 Å². The second-order valence-corrected chi connectivity index (χ2v) is 2.43. The minimum atomic E-state index is -0.287. The first-order chi connectivity index (χ1) is 5.24. The Labute approximate surface area is 65.5 Å². The van der Waals surface area contributed by atoms with Crippen LogP contribution in [-0.2, 0) is 0 Å². The normalized spacial score (nSPS) is 13.0. The highest BCUT2D eigenvalue weighted by Gasteiger charge is 2.03. The predicted molar refractivity (Wildman–Crippen MR) is 41.6 cm³/mol. The highest BCUT2D eigenvalue weighted by Crippen LogP contribution is 2.14. The van der Waals surface area contributed by atoms with Crippen molar-refractivity contribution >= 4 is 0 Å². The molecule has 1 aromatic rings. The number of aliphatic hydroxyl groups excluding tert-OH is 1. The van der Waals surface area contributed by atoms with Gasteiger partial charge in [-0.3, -0.25) is 0 Å². The molecule has 1 N–H and O–H groups in total. The smallest absolute Gasteiger partial charge is 0.123 e. The van der Waals surface area contributed by atoms with E-state index in [-0.39, 0.29) is 18.3 Å². The molecule has 1 rings (SSSR count). The maximum atomic E-state index is 12.6. The average molecular weight is 153 g/mol. The molecule has 11 heavy (non-hydrogen) atoms. The molecule has 1 aromatic carbocycles. The Kier molecular flexibility index (Phi) is 2.60. The monoisotopic (exact) mass is 153 g/mol. The van der Waals surface area contributed by atoms with Crippen molar-refractivity contribution in [2.24, 2.45) is 0 Å². The molecule has 0 aliphatic heterocycles. The number of aliphatic hydroxyl groups is 1. The first-order valence-electron chi connectivity index (χ1n) is 3.43. The van der Waals surface area contributed by atoms with Gasteiger partial charge in [0.15, 0.2) is 0 Å². The van der Waals surface area contributed by atoms with Crippen LogP contribution in [0.3, 0.4) is 0 Å². The molecule has 0 aliphatic carbocycles. The summed E-state index contributed by atoms with van der Waals surface area (Å²) in [6, 6.07) is 6.11. The molecule has 1 unspecified atom stereocenters. The van der Waals surface area contributed by atoms with Crippen molar-refractivity contribution in [2.45, 2.75) is 5.92 Å². The molecular weight excluding hydrogens is 143 g/mol. The van der Waals surface area contributed by atoms with E-state index < -0.39 is 0 Å². The molecule has 1 radical (unpaired) electrons. The Morgan fingerprint density at radius 3 is 2.82 bits per heavy atom. The van der Waals surface area contributed by atoms with E-state index in [9.17, 15) is 4.39 Å². The topological polar surface area (TPSA) is 20.2 Å². The van der Waals surface area contributed by atoms with Crippen LogP contribution in [0.1, 0.15) is 11.5 Å². The molecule has 0 amide bonds. The lowest BCUT2D eigenvalue weighted by Crippen LogP contribution is -1.98. The highest BCUT2D eigenvalue weighted by atomic mass is 19.1. The Morgan fingerprint density at radius 2 is 2.27 bits per heavy atom. The van der Waals surface area contributed by atoms with E-state index >= 15 is 0 Å². The van der Waals surface area contributed by atoms with E-state index in [0.29, 0.717) is 0 Å². The van der Waals surface area contributed by atoms with Crippen LogP contribution in [0.15, 0.2) is 24.3 Å². The van der Waals surface area contributed by atoms with Crippen molar-refractivity contribution in [3.8, 4) is 0 Å². The fourth-order valence-electron chi connectivity index (χ4n) is 0.866. The summed E-state index contributed by atoms with van der Waals surface area (Å²) >= 11 is 0. The number of benzene rings is 1. The van der Waals surface area contributed by atoms with Gasteiger partial charge < -0.3 is 5.11 Å². The molecule has 0 heterocycles. The van der Waals surface area contributed by atoms with Crippen molar-refractivity contribution in [1.82, 2.24) is 0 Å². The summed E-state index contributed by atoms with van der Waals surface area (Å²) in [4.78, 5) is 0. The van der Waals surface area contributed by atoms with Gasteiger partial charge in [0.2, 0.25) is 0 Å². The van der Waals surface area contributed by atoms with E-state index in [2.05, 4.69) is 6.92 Å². The maximum Gasteiger partial charge on any atom is 0.123 e. The maximum absolute atomic E-state index is 12.6. The van der Waals surface area contributed by atoms with Crippen molar-refractivity contribution in [2.75, 3.05) is 6.61 Å². The first kappa shape index (κ1) is 8.21. The van der Waals surface area contributed by atoms with Crippen LogP contribution in [-0.4, -0.2) is 11.7 Å². The zero-order valence-corrected chi connectivity index (χ0v) is 6.13. The van der Waals surface area contributed by atoms with Gasteiger partial charge in [0.25, 0.3) is 0 Å². The average Bonchev–Trinajstić information content (AvgIpc) is 2.03. The fraction of sp³-hybridized carbons (Fsp3) is 0.222. The minimum Gasteiger partial charge on any atom is -0.396 e. The molecular formula is C9H10FO. The van der Waals surface area contributed by atoms with Crippen molar-refractivity contribution in [1.29, 1.82) is 0 Å². The number of hydrogen-bond acceptors (Lipinski definition) is 1. The molecule has 0 aliphatic rings. The van der Waals surface area contributed by atoms with E-state index in [4.69, 9.17) is 5.11 Å². The lowest BCUT2D eigenvalue weighted by atomic mass is 10.0. The Balaban J connectivity index is 2.86. The van der Waals surface area contributed by atoms with Crippen molar-refractivity contribution < 1.29 is 9.50 Å². The van der Waals surface area contributed by atoms with Crippen LogP contribution in [0.5, 0.6) is 0 Å². The lowest BCUT2D eigenvalue weighted by molar-refractivity contribution is 0.282. The van der Waals surface area contributed by atoms with Crippen molar-refractivity contribution in [3.63, 3.8) is 0 Å². The largest absolute Gasteiger partial charge is 0.396 e. The summed E-state index contributed by atoms with van der Waals surface area (Å²) < 4.78 is 12.6. The second kappa shape index (κ2) is 3.49. The summed E-state index contributed by atoms with van der Waals surface area (Å²) in [7, 11) is 0. The van der Waals surface area contributed by atoms with E-state index in [0.717, 1.165) is 5.56 Å². The number of hydrogen-bond donors (Lipinski definition) is 1. The molecule has 0 aromatic heterocycles. The standard InChI is InChI=1S/C9H10FO/c1-7(6-11)8-3-2-4-9(10)5-8/h2-5,7,11H,1,6H2.